The van der Waals surface area contributed by atoms with E-state index in [9.17, 15) is 0 Å². The molecule has 0 bridgehead atoms. The molecule has 0 N–H and O–H groups in total. The number of allylic oxidation sites excluding steroid dienone is 1. The molecule has 1 saturated carbocycles. The van der Waals surface area contributed by atoms with Gasteiger partial charge < -0.3 is 0 Å². The topological polar surface area (TPSA) is 30.9 Å². The minimum atomic E-state index is -0.362. The summed E-state index contributed by atoms with van der Waals surface area (Å²) in [6.07, 6.45) is 7.96. The van der Waals surface area contributed by atoms with Crippen LogP contribution in [0.3, 0.4) is 0 Å². The molecule has 0 amide bonds. The van der Waals surface area contributed by atoms with E-state index in [2.05, 4.69) is 47.8 Å². The van der Waals surface area contributed by atoms with Gasteiger partial charge in [-0.25, -0.2) is 0 Å². The van der Waals surface area contributed by atoms with E-state index < -0.39 is 0 Å². The Morgan fingerprint density at radius 1 is 1.23 bits per heavy atom. The van der Waals surface area contributed by atoms with Gasteiger partial charge in [0.25, 0.3) is 0 Å². The van der Waals surface area contributed by atoms with E-state index in [1.807, 2.05) is 6.92 Å². The average molecular weight is 347 g/mol. The predicted octanol–water partition coefficient (Wildman–Crippen LogP) is 2.86. The molecular weight excluding hydrogens is 318 g/mol. The predicted molar refractivity (Wildman–Crippen MR) is 84.2 cm³/mol. The van der Waals surface area contributed by atoms with Crippen molar-refractivity contribution in [1.82, 2.24) is 4.90 Å². The second-order valence-electron chi connectivity index (χ2n) is 6.64. The third-order valence-electron chi connectivity index (χ3n) is 4.60. The van der Waals surface area contributed by atoms with Gasteiger partial charge >= 0.3 is 142 Å². The van der Waals surface area contributed by atoms with Crippen molar-refractivity contribution in [3.63, 3.8) is 0 Å². The molecule has 0 radical (unpaired) electrons. The molecule has 2 aliphatic rings. The summed E-state index contributed by atoms with van der Waals surface area (Å²) in [5.74, 6) is -0.362. The molecule has 1 heterocycles. The van der Waals surface area contributed by atoms with Crippen LogP contribution >= 0.6 is 0 Å². The van der Waals surface area contributed by atoms with Crippen LogP contribution in [0.5, 0.6) is 0 Å². The zero-order valence-electron chi connectivity index (χ0n) is 14.3. The van der Waals surface area contributed by atoms with Crippen molar-refractivity contribution < 1.29 is 30.1 Å². The third kappa shape index (κ3) is 4.66. The maximum atomic E-state index is 5.70. The Bertz CT molecular complexity index is 424. The van der Waals surface area contributed by atoms with Crippen LogP contribution in [0.15, 0.2) is 11.8 Å². The van der Waals surface area contributed by atoms with Crippen LogP contribution in [0.1, 0.15) is 46.0 Å². The van der Waals surface area contributed by atoms with Crippen molar-refractivity contribution in [1.29, 1.82) is 0 Å². The maximum absolute atomic E-state index is 5.70. The Morgan fingerprint density at radius 3 is 2.36 bits per heavy atom. The first-order chi connectivity index (χ1) is 10.4. The zero-order valence-corrected chi connectivity index (χ0v) is 15.6. The van der Waals surface area contributed by atoms with E-state index in [0.29, 0.717) is 12.0 Å². The van der Waals surface area contributed by atoms with E-state index in [1.54, 1.807) is 0 Å². The fourth-order valence-corrected chi connectivity index (χ4v) is 3.64. The number of hydrogen-bond acceptors (Lipinski definition) is 4. The fourth-order valence-electron chi connectivity index (χ4n) is 3.29. The average Bonchev–Trinajstić information content (AvgIpc) is 3.10. The molecule has 1 aliphatic heterocycles. The van der Waals surface area contributed by atoms with Gasteiger partial charge in [0.05, 0.1) is 0 Å². The first kappa shape index (κ1) is 18.2. The summed E-state index contributed by atoms with van der Waals surface area (Å²) in [4.78, 5) is 2.23. The molecule has 1 aliphatic carbocycles. The van der Waals surface area contributed by atoms with Gasteiger partial charge in [-0.15, -0.1) is 0 Å². The molecule has 0 aromatic rings. The summed E-state index contributed by atoms with van der Waals surface area (Å²) in [6, 6.07) is 0. The fraction of sp³-hybridized carbons (Fsp3) is 0.824. The number of nitrogens with zero attached hydrogens (tertiary/aromatic N) is 1. The van der Waals surface area contributed by atoms with E-state index in [0.717, 1.165) is 30.6 Å². The van der Waals surface area contributed by atoms with Gasteiger partial charge in [-0.1, -0.05) is 0 Å². The van der Waals surface area contributed by atoms with Crippen LogP contribution < -0.4 is 0 Å². The molecule has 0 unspecified atom stereocenters. The molecule has 126 valence electrons. The Labute approximate surface area is 142 Å². The van der Waals surface area contributed by atoms with Crippen molar-refractivity contribution in [2.45, 2.75) is 51.7 Å². The summed E-state index contributed by atoms with van der Waals surface area (Å²) < 4.78 is 17.9. The van der Waals surface area contributed by atoms with Crippen molar-refractivity contribution in [2.75, 3.05) is 33.9 Å². The molecule has 0 atom stereocenters. The normalized spacial score (nSPS) is 22.6. The second kappa shape index (κ2) is 7.59. The molecule has 1 saturated heterocycles. The molecule has 0 aromatic carbocycles. The molecule has 22 heavy (non-hydrogen) atoms. The SMILES string of the molecule is CCO[C](=[Cr])/C=C(/N(C)C)C1(CCCC2(C)OCCO2)CC1. The number of ether oxygens (including phenoxy) is 3. The van der Waals surface area contributed by atoms with Crippen molar-refractivity contribution >= 4 is 4.57 Å². The number of hydrogen-bond donors (Lipinski definition) is 0. The molecule has 0 spiro atoms. The van der Waals surface area contributed by atoms with Crippen LogP contribution in [0.4, 0.5) is 0 Å². The molecule has 5 heteroatoms. The molecule has 0 aromatic heterocycles. The number of rotatable bonds is 9. The molecule has 2 fully saturated rings. The van der Waals surface area contributed by atoms with Gasteiger partial charge in [-0.2, -0.15) is 0 Å². The van der Waals surface area contributed by atoms with Crippen LogP contribution in [0, 0.1) is 5.41 Å². The Kier molecular flexibility index (Phi) is 6.27. The first-order valence-electron chi connectivity index (χ1n) is 8.25. The summed E-state index contributed by atoms with van der Waals surface area (Å²) in [5, 5.41) is 0. The van der Waals surface area contributed by atoms with Crippen LogP contribution in [-0.2, 0) is 30.1 Å². The standard InChI is InChI=1S/C17H29NO3.Cr/c1-5-19-12-7-15(18(3)4)17(10-11-17)9-6-8-16(2)20-13-14-21-16;/h7H,5-6,8-11,13-14H2,1-4H3;/b15-7+;. The summed E-state index contributed by atoms with van der Waals surface area (Å²) >= 11 is 3.02. The summed E-state index contributed by atoms with van der Waals surface area (Å²) in [6.45, 7) is 6.21. The van der Waals surface area contributed by atoms with Crippen molar-refractivity contribution in [3.8, 4) is 0 Å². The zero-order chi connectivity index (χ0) is 16.2. The van der Waals surface area contributed by atoms with Gasteiger partial charge in [0.15, 0.2) is 0 Å². The molecule has 2 rings (SSSR count). The first-order valence-corrected chi connectivity index (χ1v) is 8.89. The molecule has 4 nitrogen and oxygen atoms in total. The van der Waals surface area contributed by atoms with E-state index in [-0.39, 0.29) is 5.79 Å². The van der Waals surface area contributed by atoms with E-state index in [4.69, 9.17) is 14.2 Å². The van der Waals surface area contributed by atoms with Crippen LogP contribution in [0.25, 0.3) is 0 Å². The van der Waals surface area contributed by atoms with Crippen LogP contribution in [0.2, 0.25) is 0 Å². The minimum absolute atomic E-state index is 0.310. The van der Waals surface area contributed by atoms with Crippen LogP contribution in [-0.4, -0.2) is 49.2 Å². The monoisotopic (exact) mass is 347 g/mol. The quantitative estimate of drug-likeness (QED) is 0.642. The second-order valence-corrected chi connectivity index (χ2v) is 7.27. The van der Waals surface area contributed by atoms with E-state index in [1.165, 1.54) is 25.0 Å². The summed E-state index contributed by atoms with van der Waals surface area (Å²) in [7, 11) is 4.24. The van der Waals surface area contributed by atoms with Gasteiger partial charge in [0, 0.05) is 0 Å². The Hall–Kier alpha value is -0.178. The Morgan fingerprint density at radius 2 is 1.86 bits per heavy atom. The van der Waals surface area contributed by atoms with Gasteiger partial charge in [-0.3, -0.25) is 0 Å². The summed E-state index contributed by atoms with van der Waals surface area (Å²) in [5.41, 5.74) is 1.68. The van der Waals surface area contributed by atoms with Gasteiger partial charge in [-0.05, 0) is 0 Å². The van der Waals surface area contributed by atoms with Crippen molar-refractivity contribution in [3.05, 3.63) is 11.8 Å². The van der Waals surface area contributed by atoms with Gasteiger partial charge in [0.1, 0.15) is 0 Å². The van der Waals surface area contributed by atoms with Crippen molar-refractivity contribution in [2.24, 2.45) is 5.41 Å². The van der Waals surface area contributed by atoms with E-state index >= 15 is 0 Å². The molecular formula is C17H29CrNO3. The van der Waals surface area contributed by atoms with Gasteiger partial charge in [0.2, 0.25) is 0 Å². The third-order valence-corrected chi connectivity index (χ3v) is 4.97. The Balaban J connectivity index is 1.93.